The first kappa shape index (κ1) is 33.5. The number of rotatable bonds is 10. The van der Waals surface area contributed by atoms with Gasteiger partial charge in [-0.05, 0) is 89.9 Å². The van der Waals surface area contributed by atoms with Gasteiger partial charge in [-0.15, -0.1) is 0 Å². The van der Waals surface area contributed by atoms with E-state index in [1.165, 1.54) is 6.07 Å². The van der Waals surface area contributed by atoms with Crippen LogP contribution in [0.15, 0.2) is 73.3 Å². The third-order valence-corrected chi connectivity index (χ3v) is 8.34. The number of carboxylic acids is 1. The van der Waals surface area contributed by atoms with Crippen LogP contribution in [0.3, 0.4) is 0 Å². The Hall–Kier alpha value is -4.43. The lowest BCUT2D eigenvalue weighted by Crippen LogP contribution is -2.35. The van der Waals surface area contributed by atoms with Gasteiger partial charge in [0.25, 0.3) is 0 Å². The van der Waals surface area contributed by atoms with E-state index < -0.39 is 5.97 Å². The molecule has 1 fully saturated rings. The molecule has 0 aromatic heterocycles. The van der Waals surface area contributed by atoms with Crippen LogP contribution in [0.5, 0.6) is 11.5 Å². The van der Waals surface area contributed by atoms with Crippen molar-refractivity contribution in [2.24, 2.45) is 5.73 Å². The normalized spacial score (nSPS) is 14.8. The molecule has 0 bridgehead atoms. The van der Waals surface area contributed by atoms with Gasteiger partial charge < -0.3 is 25.2 Å². The van der Waals surface area contributed by atoms with E-state index in [2.05, 4.69) is 29.7 Å². The first-order valence-corrected chi connectivity index (χ1v) is 15.1. The summed E-state index contributed by atoms with van der Waals surface area (Å²) in [4.78, 5) is 13.3. The van der Waals surface area contributed by atoms with E-state index in [4.69, 9.17) is 20.3 Å². The highest BCUT2D eigenvalue weighted by molar-refractivity contribution is 6.01. The highest BCUT2D eigenvalue weighted by Crippen LogP contribution is 2.45. The van der Waals surface area contributed by atoms with Crippen molar-refractivity contribution in [3.05, 3.63) is 101 Å². The zero-order chi connectivity index (χ0) is 32.5. The first-order chi connectivity index (χ1) is 21.7. The van der Waals surface area contributed by atoms with E-state index in [0.29, 0.717) is 24.4 Å². The number of ether oxygens (including phenoxy) is 2. The molecule has 238 valence electrons. The van der Waals surface area contributed by atoms with Crippen LogP contribution in [-0.4, -0.2) is 56.5 Å². The molecule has 0 radical (unpaired) electrons. The molecule has 6 nitrogen and oxygen atoms in total. The summed E-state index contributed by atoms with van der Waals surface area (Å²) in [5.41, 5.74) is 10.9. The molecule has 1 aliphatic rings. The highest BCUT2D eigenvalue weighted by atomic mass is 19.1. The van der Waals surface area contributed by atoms with Crippen molar-refractivity contribution in [2.45, 2.75) is 38.5 Å². The predicted molar refractivity (Wildman–Crippen MR) is 177 cm³/mol. The van der Waals surface area contributed by atoms with Crippen LogP contribution in [0.2, 0.25) is 0 Å². The maximum absolute atomic E-state index is 13.0. The molecule has 0 aliphatic carbocycles. The number of alkyl halides is 1. The van der Waals surface area contributed by atoms with Gasteiger partial charge in [-0.2, -0.15) is 0 Å². The van der Waals surface area contributed by atoms with Crippen molar-refractivity contribution >= 4 is 22.4 Å². The molecule has 8 heteroatoms. The molecule has 3 N–H and O–H groups in total. The number of carboxylic acid groups (broad SMARTS) is 1. The lowest BCUT2D eigenvalue weighted by atomic mass is 9.87. The quantitative estimate of drug-likeness (QED) is 0.190. The molecule has 4 aromatic rings. The number of piperidine rings is 1. The van der Waals surface area contributed by atoms with Gasteiger partial charge in [-0.1, -0.05) is 55.1 Å². The van der Waals surface area contributed by atoms with Crippen molar-refractivity contribution in [3.63, 3.8) is 0 Å². The summed E-state index contributed by atoms with van der Waals surface area (Å²) in [6.07, 6.45) is 2.65. The summed E-state index contributed by atoms with van der Waals surface area (Å²) in [6, 6.07) is 21.1. The van der Waals surface area contributed by atoms with E-state index in [0.717, 1.165) is 76.0 Å². The monoisotopic (exact) mass is 616 g/mol. The first-order valence-electron chi connectivity index (χ1n) is 15.1. The minimum atomic E-state index is -0.806. The van der Waals surface area contributed by atoms with Gasteiger partial charge >= 0.3 is 5.97 Å². The summed E-state index contributed by atoms with van der Waals surface area (Å²) in [7, 11) is 3.34. The number of aryl methyl sites for hydroxylation is 2. The summed E-state index contributed by atoms with van der Waals surface area (Å²) in [6.45, 7) is 7.20. The lowest BCUT2D eigenvalue weighted by Gasteiger charge is -2.32. The van der Waals surface area contributed by atoms with Crippen LogP contribution >= 0.6 is 0 Å². The number of methoxy groups -OCH3 is 2. The maximum Gasteiger partial charge on any atom is 0.303 e. The van der Waals surface area contributed by atoms with Gasteiger partial charge in [0.2, 0.25) is 0 Å². The van der Waals surface area contributed by atoms with Crippen molar-refractivity contribution in [1.82, 2.24) is 4.90 Å². The van der Waals surface area contributed by atoms with Gasteiger partial charge in [-0.25, -0.2) is 8.78 Å². The molecule has 1 saturated heterocycles. The molecule has 1 atom stereocenters. The fourth-order valence-electron chi connectivity index (χ4n) is 6.17. The van der Waals surface area contributed by atoms with Gasteiger partial charge in [-0.3, -0.25) is 4.79 Å². The summed E-state index contributed by atoms with van der Waals surface area (Å²) >= 11 is 0. The minimum absolute atomic E-state index is 0.0888. The van der Waals surface area contributed by atoms with Crippen LogP contribution in [0.25, 0.3) is 27.6 Å². The molecule has 5 rings (SSSR count). The van der Waals surface area contributed by atoms with Crippen LogP contribution in [0.4, 0.5) is 8.78 Å². The Morgan fingerprint density at radius 1 is 1.04 bits per heavy atom. The van der Waals surface area contributed by atoms with Crippen molar-refractivity contribution < 1.29 is 28.2 Å². The number of hydrogen-bond acceptors (Lipinski definition) is 5. The molecular weight excluding hydrogens is 574 g/mol. The second-order valence-electron chi connectivity index (χ2n) is 11.3. The van der Waals surface area contributed by atoms with Crippen LogP contribution in [0, 0.1) is 12.7 Å². The molecule has 0 amide bonds. The van der Waals surface area contributed by atoms with E-state index in [1.807, 2.05) is 30.3 Å². The Balaban J connectivity index is 0.000000354. The van der Waals surface area contributed by atoms with Gasteiger partial charge in [0.05, 0.1) is 19.8 Å². The van der Waals surface area contributed by atoms with E-state index in [9.17, 15) is 13.6 Å². The number of carbonyl (C=O) groups is 1. The summed E-state index contributed by atoms with van der Waals surface area (Å²) < 4.78 is 37.6. The average Bonchev–Trinajstić information content (AvgIpc) is 3.03. The number of likely N-dealkylation sites (tertiary alicyclic amines) is 1. The second-order valence-corrected chi connectivity index (χ2v) is 11.3. The zero-order valence-corrected chi connectivity index (χ0v) is 26.2. The second kappa shape index (κ2) is 15.5. The Morgan fingerprint density at radius 3 is 2.31 bits per heavy atom. The number of hydrogen-bond donors (Lipinski definition) is 2. The molecule has 1 unspecified atom stereocenters. The molecular formula is C37H42F2N2O4. The Bertz CT molecular complexity index is 1610. The van der Waals surface area contributed by atoms with Gasteiger partial charge in [0, 0.05) is 30.8 Å². The molecule has 1 heterocycles. The van der Waals surface area contributed by atoms with Gasteiger partial charge in [0.15, 0.2) is 0 Å². The van der Waals surface area contributed by atoms with E-state index in [-0.39, 0.29) is 24.6 Å². The smallest absolute Gasteiger partial charge is 0.303 e. The number of nitrogens with zero attached hydrogens (tertiary/aromatic N) is 1. The fraction of sp³-hybridized carbons (Fsp3) is 0.324. The number of benzene rings is 4. The Kier molecular flexibility index (Phi) is 11.5. The predicted octanol–water partition coefficient (Wildman–Crippen LogP) is 7.75. The van der Waals surface area contributed by atoms with Crippen molar-refractivity contribution in [2.75, 3.05) is 40.5 Å². The van der Waals surface area contributed by atoms with E-state index >= 15 is 0 Å². The Morgan fingerprint density at radius 2 is 1.71 bits per heavy atom. The van der Waals surface area contributed by atoms with Crippen LogP contribution in [-0.2, 0) is 11.2 Å². The van der Waals surface area contributed by atoms with Crippen molar-refractivity contribution in [3.8, 4) is 22.6 Å². The van der Waals surface area contributed by atoms with E-state index in [1.54, 1.807) is 33.3 Å². The largest absolute Gasteiger partial charge is 0.496 e. The molecule has 1 aliphatic heterocycles. The molecule has 0 saturated carbocycles. The lowest BCUT2D eigenvalue weighted by molar-refractivity contribution is -0.136. The maximum atomic E-state index is 13.0. The number of aliphatic carboxylic acids is 1. The Labute approximate surface area is 264 Å². The number of nitrogens with two attached hydrogens (primary N) is 1. The fourth-order valence-corrected chi connectivity index (χ4v) is 6.17. The average molecular weight is 617 g/mol. The zero-order valence-electron chi connectivity index (χ0n) is 26.2. The van der Waals surface area contributed by atoms with Gasteiger partial charge in [0.1, 0.15) is 24.0 Å². The van der Waals surface area contributed by atoms with Crippen LogP contribution < -0.4 is 15.2 Å². The molecule has 4 aromatic carbocycles. The number of fused-ring (bicyclic) bond motifs is 1. The van der Waals surface area contributed by atoms with Crippen LogP contribution in [0.1, 0.15) is 47.4 Å². The summed E-state index contributed by atoms with van der Waals surface area (Å²) in [5, 5.41) is 11.2. The molecule has 45 heavy (non-hydrogen) atoms. The third-order valence-electron chi connectivity index (χ3n) is 8.34. The standard InChI is InChI=1S/C28H32FNO4.C9H10FN/c1-33-25-16-21(20-7-5-14-30(18-20)15-13-29)17-26(34-2)28(25)24-10-4-8-22-19(11-12-27(31)32)6-3-9-23(22)24;1-6-4-3-5-8(10)9(6)7(2)11/h3-4,6,8-10,16-17,20H,5,7,11-15,18H2,1-2H3,(H,31,32);3-5H,2,11H2,1H3. The third kappa shape index (κ3) is 8.00. The minimum Gasteiger partial charge on any atom is -0.496 e. The molecule has 0 spiro atoms. The summed E-state index contributed by atoms with van der Waals surface area (Å²) in [5.74, 6) is 0.658. The SMILES string of the molecule is C=C(N)c1c(C)cccc1F.COc1cc(C2CCCN(CCF)C2)cc(OC)c1-c1cccc2c(CCC(=O)O)cccc12. The number of halogens is 2. The highest BCUT2D eigenvalue weighted by Gasteiger charge is 2.25. The van der Waals surface area contributed by atoms with Crippen molar-refractivity contribution in [1.29, 1.82) is 0 Å². The topological polar surface area (TPSA) is 85.0 Å².